The highest BCUT2D eigenvalue weighted by Crippen LogP contribution is 2.30. The van der Waals surface area contributed by atoms with Gasteiger partial charge in [-0.05, 0) is 31.0 Å². The molecule has 1 aromatic rings. The molecule has 0 spiro atoms. The van der Waals surface area contributed by atoms with Crippen LogP contribution in [0.4, 0.5) is 8.78 Å². The first kappa shape index (κ1) is 11.4. The van der Waals surface area contributed by atoms with Crippen molar-refractivity contribution in [1.82, 2.24) is 10.2 Å². The van der Waals surface area contributed by atoms with Crippen molar-refractivity contribution in [3.05, 3.63) is 35.4 Å². The lowest BCUT2D eigenvalue weighted by atomic mass is 10.0. The highest BCUT2D eigenvalue weighted by molar-refractivity contribution is 5.83. The Hall–Kier alpha value is -1.65. The largest absolute Gasteiger partial charge is 0.352 e. The molecule has 0 saturated carbocycles. The van der Waals surface area contributed by atoms with E-state index in [4.69, 9.17) is 0 Å². The fourth-order valence-corrected chi connectivity index (χ4v) is 2.70. The van der Waals surface area contributed by atoms with Crippen molar-refractivity contribution in [3.63, 3.8) is 0 Å². The van der Waals surface area contributed by atoms with Gasteiger partial charge in [0.05, 0.1) is 6.04 Å². The van der Waals surface area contributed by atoms with Gasteiger partial charge in [-0.15, -0.1) is 0 Å². The van der Waals surface area contributed by atoms with Crippen LogP contribution in [0.2, 0.25) is 0 Å². The minimum absolute atomic E-state index is 0.0140. The lowest BCUT2D eigenvalue weighted by Gasteiger charge is -2.32. The molecule has 0 amide bonds. The van der Waals surface area contributed by atoms with Gasteiger partial charge in [-0.1, -0.05) is 0 Å². The molecular weight excluding hydrogens is 236 g/mol. The van der Waals surface area contributed by atoms with Gasteiger partial charge in [0.1, 0.15) is 11.6 Å². The number of nitrogens with zero attached hydrogens (tertiary/aromatic N) is 2. The minimum atomic E-state index is -0.519. The van der Waals surface area contributed by atoms with Gasteiger partial charge in [0.2, 0.25) is 0 Å². The summed E-state index contributed by atoms with van der Waals surface area (Å²) in [6.45, 7) is 3.58. The first-order valence-electron chi connectivity index (χ1n) is 6.17. The molecule has 1 N–H and O–H groups in total. The van der Waals surface area contributed by atoms with E-state index in [0.29, 0.717) is 18.2 Å². The maximum atomic E-state index is 13.3. The molecule has 0 radical (unpaired) electrons. The number of fused-ring (bicyclic) bond motifs is 1. The fraction of sp³-hybridized carbons (Fsp3) is 0.462. The van der Waals surface area contributed by atoms with Crippen LogP contribution in [-0.2, 0) is 0 Å². The van der Waals surface area contributed by atoms with E-state index in [2.05, 4.69) is 22.1 Å². The number of aliphatic imine (C=N–C) groups is 1. The number of nitrogens with one attached hydrogen (secondary N) is 1. The van der Waals surface area contributed by atoms with E-state index < -0.39 is 11.6 Å². The molecule has 2 atom stereocenters. The van der Waals surface area contributed by atoms with Gasteiger partial charge in [-0.2, -0.15) is 0 Å². The standard InChI is InChI=1S/C13H15F2N3/c1-8-7-18-12(2-3-16-13(18)17-8)9-4-10(14)6-11(15)5-9/h4-6,8,12H,2-3,7H2,1H3,(H,16,17). The average Bonchev–Trinajstić information content (AvgIpc) is 2.67. The molecule has 2 unspecified atom stereocenters. The van der Waals surface area contributed by atoms with Crippen molar-refractivity contribution in [1.29, 1.82) is 0 Å². The highest BCUT2D eigenvalue weighted by Gasteiger charge is 2.33. The molecule has 0 aromatic heterocycles. The van der Waals surface area contributed by atoms with Crippen LogP contribution in [0.15, 0.2) is 23.2 Å². The molecule has 2 aliphatic heterocycles. The lowest BCUT2D eigenvalue weighted by Crippen LogP contribution is -2.37. The van der Waals surface area contributed by atoms with Crippen LogP contribution in [0.1, 0.15) is 24.9 Å². The smallest absolute Gasteiger partial charge is 0.194 e. The second-order valence-electron chi connectivity index (χ2n) is 4.91. The van der Waals surface area contributed by atoms with Crippen LogP contribution in [0, 0.1) is 11.6 Å². The van der Waals surface area contributed by atoms with Crippen molar-refractivity contribution < 1.29 is 8.78 Å². The van der Waals surface area contributed by atoms with E-state index >= 15 is 0 Å². The van der Waals surface area contributed by atoms with E-state index in [1.165, 1.54) is 12.1 Å². The summed E-state index contributed by atoms with van der Waals surface area (Å²) < 4.78 is 26.6. The molecule has 3 rings (SSSR count). The molecule has 1 aromatic carbocycles. The highest BCUT2D eigenvalue weighted by atomic mass is 19.1. The Bertz CT molecular complexity index is 481. The van der Waals surface area contributed by atoms with Gasteiger partial charge in [-0.25, -0.2) is 8.78 Å². The summed E-state index contributed by atoms with van der Waals surface area (Å²) in [5, 5.41) is 3.27. The number of hydrogen-bond donors (Lipinski definition) is 1. The van der Waals surface area contributed by atoms with Crippen molar-refractivity contribution in [3.8, 4) is 0 Å². The Morgan fingerprint density at radius 3 is 2.72 bits per heavy atom. The normalized spacial score (nSPS) is 26.6. The van der Waals surface area contributed by atoms with Crippen LogP contribution in [0.25, 0.3) is 0 Å². The second-order valence-corrected chi connectivity index (χ2v) is 4.91. The number of rotatable bonds is 1. The summed E-state index contributed by atoms with van der Waals surface area (Å²) in [4.78, 5) is 6.51. The third kappa shape index (κ3) is 1.94. The number of hydrogen-bond acceptors (Lipinski definition) is 3. The molecule has 96 valence electrons. The molecular formula is C13H15F2N3. The van der Waals surface area contributed by atoms with Gasteiger partial charge in [-0.3, -0.25) is 4.99 Å². The molecule has 5 heteroatoms. The molecule has 0 bridgehead atoms. The molecule has 2 aliphatic rings. The molecule has 3 nitrogen and oxygen atoms in total. The average molecular weight is 251 g/mol. The predicted octanol–water partition coefficient (Wildman–Crippen LogP) is 2.06. The predicted molar refractivity (Wildman–Crippen MR) is 65.3 cm³/mol. The van der Waals surface area contributed by atoms with Gasteiger partial charge in [0.15, 0.2) is 5.96 Å². The Labute approximate surface area is 105 Å². The SMILES string of the molecule is CC1CN2C(=NCCC2c2cc(F)cc(F)c2)N1. The van der Waals surface area contributed by atoms with Crippen LogP contribution in [0.3, 0.4) is 0 Å². The van der Waals surface area contributed by atoms with Crippen molar-refractivity contribution in [2.45, 2.75) is 25.4 Å². The number of guanidine groups is 1. The molecule has 1 saturated heterocycles. The van der Waals surface area contributed by atoms with Crippen molar-refractivity contribution in [2.24, 2.45) is 4.99 Å². The number of benzene rings is 1. The maximum absolute atomic E-state index is 13.3. The van der Waals surface area contributed by atoms with E-state index in [9.17, 15) is 8.78 Å². The first-order chi connectivity index (χ1) is 8.63. The Morgan fingerprint density at radius 2 is 2.00 bits per heavy atom. The van der Waals surface area contributed by atoms with Crippen LogP contribution in [-0.4, -0.2) is 30.0 Å². The zero-order valence-corrected chi connectivity index (χ0v) is 10.2. The van der Waals surface area contributed by atoms with Crippen molar-refractivity contribution in [2.75, 3.05) is 13.1 Å². The third-order valence-electron chi connectivity index (χ3n) is 3.43. The molecule has 18 heavy (non-hydrogen) atoms. The monoisotopic (exact) mass is 251 g/mol. The Kier molecular flexibility index (Phi) is 2.69. The summed E-state index contributed by atoms with van der Waals surface area (Å²) in [7, 11) is 0. The van der Waals surface area contributed by atoms with E-state index in [-0.39, 0.29) is 6.04 Å². The van der Waals surface area contributed by atoms with Crippen LogP contribution < -0.4 is 5.32 Å². The topological polar surface area (TPSA) is 27.6 Å². The van der Waals surface area contributed by atoms with Crippen molar-refractivity contribution >= 4 is 5.96 Å². The van der Waals surface area contributed by atoms with Crippen LogP contribution in [0.5, 0.6) is 0 Å². The zero-order valence-electron chi connectivity index (χ0n) is 10.2. The van der Waals surface area contributed by atoms with E-state index in [1.54, 1.807) is 0 Å². The molecule has 1 fully saturated rings. The van der Waals surface area contributed by atoms with Crippen LogP contribution >= 0.6 is 0 Å². The minimum Gasteiger partial charge on any atom is -0.352 e. The van der Waals surface area contributed by atoms with E-state index in [0.717, 1.165) is 25.0 Å². The lowest BCUT2D eigenvalue weighted by molar-refractivity contribution is 0.303. The maximum Gasteiger partial charge on any atom is 0.194 e. The van der Waals surface area contributed by atoms with Gasteiger partial charge >= 0.3 is 0 Å². The van der Waals surface area contributed by atoms with Gasteiger partial charge < -0.3 is 10.2 Å². The summed E-state index contributed by atoms with van der Waals surface area (Å²) >= 11 is 0. The Balaban J connectivity index is 1.94. The van der Waals surface area contributed by atoms with Gasteiger partial charge in [0.25, 0.3) is 0 Å². The Morgan fingerprint density at radius 1 is 1.28 bits per heavy atom. The summed E-state index contributed by atoms with van der Waals surface area (Å²) in [6, 6.07) is 4.08. The first-order valence-corrected chi connectivity index (χ1v) is 6.17. The zero-order chi connectivity index (χ0) is 12.7. The quantitative estimate of drug-likeness (QED) is 0.827. The van der Waals surface area contributed by atoms with E-state index in [1.807, 2.05) is 0 Å². The molecule has 0 aliphatic carbocycles. The molecule has 2 heterocycles. The third-order valence-corrected chi connectivity index (χ3v) is 3.43. The second kappa shape index (κ2) is 4.23. The number of halogens is 2. The summed E-state index contributed by atoms with van der Waals surface area (Å²) in [5.41, 5.74) is 0.691. The fourth-order valence-electron chi connectivity index (χ4n) is 2.70. The van der Waals surface area contributed by atoms with Gasteiger partial charge in [0, 0.05) is 25.2 Å². The summed E-state index contributed by atoms with van der Waals surface area (Å²) in [5.74, 6) is -0.188. The summed E-state index contributed by atoms with van der Waals surface area (Å²) in [6.07, 6.45) is 0.792.